The topological polar surface area (TPSA) is 115 Å². The molecule has 0 radical (unpaired) electrons. The molecule has 0 heterocycles. The predicted molar refractivity (Wildman–Crippen MR) is 156 cm³/mol. The molecule has 0 atom stereocenters. The van der Waals surface area contributed by atoms with Crippen LogP contribution in [0.2, 0.25) is 0 Å². The molecule has 0 aliphatic carbocycles. The minimum atomic E-state index is -0.876. The summed E-state index contributed by atoms with van der Waals surface area (Å²) in [5, 5.41) is 42.1. The summed E-state index contributed by atoms with van der Waals surface area (Å²) in [6, 6.07) is 7.66. The highest BCUT2D eigenvalue weighted by Gasteiger charge is 2.31. The lowest BCUT2D eigenvalue weighted by Gasteiger charge is -2.31. The van der Waals surface area contributed by atoms with E-state index in [9.17, 15) is 30.0 Å². The number of aromatic hydroxyl groups is 2. The van der Waals surface area contributed by atoms with Crippen molar-refractivity contribution in [2.75, 3.05) is 0 Å². The maximum Gasteiger partial charge on any atom is 0.303 e. The van der Waals surface area contributed by atoms with Crippen LogP contribution in [0.1, 0.15) is 133 Å². The zero-order valence-electron chi connectivity index (χ0n) is 24.9. The van der Waals surface area contributed by atoms with E-state index in [1.54, 1.807) is 0 Å². The second-order valence-electron chi connectivity index (χ2n) is 12.1. The van der Waals surface area contributed by atoms with Crippen molar-refractivity contribution in [1.82, 2.24) is 0 Å². The number of aryl methyl sites for hydroxylation is 2. The highest BCUT2D eigenvalue weighted by molar-refractivity contribution is 5.68. The number of benzene rings is 2. The van der Waals surface area contributed by atoms with Crippen molar-refractivity contribution in [2.45, 2.75) is 123 Å². The smallest absolute Gasteiger partial charge is 0.303 e. The molecule has 0 aromatic heterocycles. The second kappa shape index (κ2) is 13.4. The fourth-order valence-corrected chi connectivity index (χ4v) is 5.06. The summed E-state index contributed by atoms with van der Waals surface area (Å²) in [6.07, 6.45) is 4.70. The molecule has 0 aliphatic rings. The first kappa shape index (κ1) is 32.2. The van der Waals surface area contributed by atoms with Gasteiger partial charge in [-0.15, -0.1) is 0 Å². The molecule has 2 aromatic rings. The molecule has 0 unspecified atom stereocenters. The molecule has 216 valence electrons. The number of rotatable bonds is 15. The van der Waals surface area contributed by atoms with Crippen molar-refractivity contribution < 1.29 is 30.0 Å². The number of phenolic OH excluding ortho intramolecular Hbond substituents is 2. The lowest BCUT2D eigenvalue weighted by atomic mass is 9.74. The van der Waals surface area contributed by atoms with Crippen LogP contribution in [0, 0.1) is 0 Å². The van der Waals surface area contributed by atoms with Gasteiger partial charge in [-0.3, -0.25) is 9.59 Å². The van der Waals surface area contributed by atoms with Crippen molar-refractivity contribution in [1.29, 1.82) is 0 Å². The standard InChI is InChI=1S/C33H48O6/c1-8-11-12-23(24-17-21(13-15-28(34)35)19-26(30(24)38)32(4,5)9-2)25-18-22(14-16-29(36)37)20-27(31(25)39)33(6,7)10-3/h17-20,23,38-39H,8-16H2,1-7H3,(H,34,35)(H,36,37). The number of carboxylic acids is 2. The first-order valence-corrected chi connectivity index (χ1v) is 14.3. The molecule has 0 amide bonds. The summed E-state index contributed by atoms with van der Waals surface area (Å²) in [6.45, 7) is 14.5. The van der Waals surface area contributed by atoms with E-state index >= 15 is 0 Å². The van der Waals surface area contributed by atoms with Crippen LogP contribution in [0.25, 0.3) is 0 Å². The van der Waals surface area contributed by atoms with Gasteiger partial charge in [0.15, 0.2) is 0 Å². The molecule has 2 rings (SSSR count). The number of hydrogen-bond acceptors (Lipinski definition) is 4. The van der Waals surface area contributed by atoms with E-state index in [-0.39, 0.29) is 41.1 Å². The van der Waals surface area contributed by atoms with E-state index in [1.165, 1.54) is 0 Å². The van der Waals surface area contributed by atoms with E-state index in [4.69, 9.17) is 0 Å². The average Bonchev–Trinajstić information content (AvgIpc) is 2.88. The van der Waals surface area contributed by atoms with Gasteiger partial charge >= 0.3 is 11.9 Å². The lowest BCUT2D eigenvalue weighted by molar-refractivity contribution is -0.138. The monoisotopic (exact) mass is 540 g/mol. The molecule has 0 fully saturated rings. The van der Waals surface area contributed by atoms with Crippen molar-refractivity contribution >= 4 is 11.9 Å². The Morgan fingerprint density at radius 3 is 1.41 bits per heavy atom. The molecule has 0 saturated carbocycles. The molecular weight excluding hydrogens is 492 g/mol. The van der Waals surface area contributed by atoms with Crippen LogP contribution in [0.5, 0.6) is 11.5 Å². The molecular formula is C33H48O6. The van der Waals surface area contributed by atoms with E-state index < -0.39 is 11.9 Å². The van der Waals surface area contributed by atoms with Gasteiger partial charge in [-0.1, -0.05) is 85.6 Å². The average molecular weight is 541 g/mol. The molecule has 6 heteroatoms. The number of hydrogen-bond donors (Lipinski definition) is 4. The van der Waals surface area contributed by atoms with Crippen molar-refractivity contribution in [3.05, 3.63) is 57.6 Å². The minimum absolute atomic E-state index is 0.0133. The minimum Gasteiger partial charge on any atom is -0.507 e. The number of carbonyl (C=O) groups is 2. The maximum absolute atomic E-state index is 11.7. The quantitative estimate of drug-likeness (QED) is 0.183. The zero-order valence-corrected chi connectivity index (χ0v) is 24.9. The first-order chi connectivity index (χ1) is 18.2. The van der Waals surface area contributed by atoms with Gasteiger partial charge in [0.25, 0.3) is 0 Å². The summed E-state index contributed by atoms with van der Waals surface area (Å²) >= 11 is 0. The zero-order chi connectivity index (χ0) is 29.5. The van der Waals surface area contributed by atoms with Crippen LogP contribution in [0.4, 0.5) is 0 Å². The Morgan fingerprint density at radius 2 is 1.10 bits per heavy atom. The summed E-state index contributed by atoms with van der Waals surface area (Å²) in [5.41, 5.74) is 3.95. The fourth-order valence-electron chi connectivity index (χ4n) is 5.06. The number of phenols is 2. The SMILES string of the molecule is CCCCC(c1cc(CCC(=O)O)cc(C(C)(C)CC)c1O)c1cc(CCC(=O)O)cc(C(C)(C)CC)c1O. The van der Waals surface area contributed by atoms with Crippen LogP contribution in [-0.2, 0) is 33.3 Å². The van der Waals surface area contributed by atoms with Gasteiger partial charge in [0.05, 0.1) is 0 Å². The van der Waals surface area contributed by atoms with E-state index in [2.05, 4.69) is 48.5 Å². The Bertz CT molecular complexity index is 1070. The Hall–Kier alpha value is -3.02. The van der Waals surface area contributed by atoms with Crippen LogP contribution in [0.3, 0.4) is 0 Å². The highest BCUT2D eigenvalue weighted by Crippen LogP contribution is 2.47. The van der Waals surface area contributed by atoms with Crippen LogP contribution in [0.15, 0.2) is 24.3 Å². The Kier molecular flexibility index (Phi) is 11.0. The van der Waals surface area contributed by atoms with Gasteiger partial charge in [0.1, 0.15) is 11.5 Å². The van der Waals surface area contributed by atoms with Gasteiger partial charge in [-0.05, 0) is 54.1 Å². The Balaban J connectivity index is 2.90. The summed E-state index contributed by atoms with van der Waals surface area (Å²) in [7, 11) is 0. The lowest BCUT2D eigenvalue weighted by Crippen LogP contribution is -2.19. The Morgan fingerprint density at radius 1 is 0.718 bits per heavy atom. The molecule has 39 heavy (non-hydrogen) atoms. The number of aliphatic carboxylic acids is 2. The van der Waals surface area contributed by atoms with E-state index in [0.29, 0.717) is 30.4 Å². The van der Waals surface area contributed by atoms with Gasteiger partial charge in [-0.25, -0.2) is 0 Å². The predicted octanol–water partition coefficient (Wildman–Crippen LogP) is 7.83. The van der Waals surface area contributed by atoms with Crippen LogP contribution in [-0.4, -0.2) is 32.4 Å². The third-order valence-corrected chi connectivity index (χ3v) is 8.48. The molecule has 6 nitrogen and oxygen atoms in total. The molecule has 0 aliphatic heterocycles. The highest BCUT2D eigenvalue weighted by atomic mass is 16.4. The van der Waals surface area contributed by atoms with E-state index in [1.807, 2.05) is 24.3 Å². The molecule has 0 bridgehead atoms. The van der Waals surface area contributed by atoms with Crippen molar-refractivity contribution in [2.24, 2.45) is 0 Å². The Labute approximate surface area is 234 Å². The van der Waals surface area contributed by atoms with Gasteiger partial charge in [-0.2, -0.15) is 0 Å². The van der Waals surface area contributed by atoms with Crippen molar-refractivity contribution in [3.63, 3.8) is 0 Å². The maximum atomic E-state index is 11.7. The normalized spacial score (nSPS) is 12.2. The third-order valence-electron chi connectivity index (χ3n) is 8.48. The largest absolute Gasteiger partial charge is 0.507 e. The molecule has 0 saturated heterocycles. The number of carboxylic acid groups (broad SMARTS) is 2. The summed E-state index contributed by atoms with van der Waals surface area (Å²) < 4.78 is 0. The molecule has 4 N–H and O–H groups in total. The molecule has 0 spiro atoms. The fraction of sp³-hybridized carbons (Fsp3) is 0.576. The van der Waals surface area contributed by atoms with Crippen LogP contribution >= 0.6 is 0 Å². The summed E-state index contributed by atoms with van der Waals surface area (Å²) in [4.78, 5) is 22.8. The van der Waals surface area contributed by atoms with Crippen LogP contribution < -0.4 is 0 Å². The van der Waals surface area contributed by atoms with Crippen molar-refractivity contribution in [3.8, 4) is 11.5 Å². The van der Waals surface area contributed by atoms with E-state index in [0.717, 1.165) is 47.9 Å². The third kappa shape index (κ3) is 8.00. The van der Waals surface area contributed by atoms with Gasteiger partial charge in [0, 0.05) is 41.0 Å². The first-order valence-electron chi connectivity index (χ1n) is 14.3. The van der Waals surface area contributed by atoms with Gasteiger partial charge < -0.3 is 20.4 Å². The summed E-state index contributed by atoms with van der Waals surface area (Å²) in [5.74, 6) is -1.71. The van der Waals surface area contributed by atoms with Gasteiger partial charge in [0.2, 0.25) is 0 Å². The number of unbranched alkanes of at least 4 members (excludes halogenated alkanes) is 1. The second-order valence-corrected chi connectivity index (χ2v) is 12.1. The molecule has 2 aromatic carbocycles.